The molecule has 0 saturated carbocycles. The van der Waals surface area contributed by atoms with Crippen LogP contribution < -0.4 is 4.90 Å². The smallest absolute Gasteiger partial charge is 0.260 e. The van der Waals surface area contributed by atoms with Gasteiger partial charge in [0.15, 0.2) is 5.13 Å². The minimum absolute atomic E-state index is 0.230. The number of hydrogen-bond acceptors (Lipinski definition) is 5. The number of thiazole rings is 1. The van der Waals surface area contributed by atoms with Crippen LogP contribution in [0.15, 0.2) is 36.4 Å². The second kappa shape index (κ2) is 8.57. The molecule has 0 aliphatic carbocycles. The Morgan fingerprint density at radius 2 is 2.03 bits per heavy atom. The molecule has 1 aromatic heterocycles. The van der Waals surface area contributed by atoms with Gasteiger partial charge >= 0.3 is 0 Å². The lowest BCUT2D eigenvalue weighted by Crippen LogP contribution is -2.43. The highest BCUT2D eigenvalue weighted by Crippen LogP contribution is 2.32. The van der Waals surface area contributed by atoms with Gasteiger partial charge in [-0.3, -0.25) is 14.6 Å². The number of hydrogen-bond donors (Lipinski definition) is 0. The summed E-state index contributed by atoms with van der Waals surface area (Å²) in [5.74, 6) is -0.647. The van der Waals surface area contributed by atoms with E-state index in [4.69, 9.17) is 9.72 Å². The molecule has 3 aromatic rings. The Balaban J connectivity index is 1.67. The molecule has 5 nitrogen and oxygen atoms in total. The number of amides is 1. The molecule has 0 bridgehead atoms. The third-order valence-corrected chi connectivity index (χ3v) is 6.33. The highest BCUT2D eigenvalue weighted by molar-refractivity contribution is 7.22. The summed E-state index contributed by atoms with van der Waals surface area (Å²) >= 11 is 1.51. The number of morpholine rings is 1. The predicted octanol–water partition coefficient (Wildman–Crippen LogP) is 4.03. The summed E-state index contributed by atoms with van der Waals surface area (Å²) in [7, 11) is 0. The van der Waals surface area contributed by atoms with Crippen LogP contribution in [-0.4, -0.2) is 55.2 Å². The van der Waals surface area contributed by atoms with Gasteiger partial charge in [0.2, 0.25) is 0 Å². The Kier molecular flexibility index (Phi) is 5.89. The van der Waals surface area contributed by atoms with Crippen LogP contribution in [0.3, 0.4) is 0 Å². The molecule has 0 spiro atoms. The van der Waals surface area contributed by atoms with E-state index in [9.17, 15) is 9.18 Å². The fraction of sp³-hybridized carbons (Fsp3) is 0.364. The summed E-state index contributed by atoms with van der Waals surface area (Å²) in [5, 5.41) is 0.649. The number of nitrogens with zero attached hydrogens (tertiary/aromatic N) is 3. The van der Waals surface area contributed by atoms with E-state index in [1.165, 1.54) is 23.5 Å². The van der Waals surface area contributed by atoms with Gasteiger partial charge in [0.05, 0.1) is 23.4 Å². The van der Waals surface area contributed by atoms with Crippen LogP contribution in [0, 0.1) is 19.7 Å². The lowest BCUT2D eigenvalue weighted by molar-refractivity contribution is 0.0391. The molecule has 29 heavy (non-hydrogen) atoms. The summed E-state index contributed by atoms with van der Waals surface area (Å²) < 4.78 is 20.2. The Labute approximate surface area is 173 Å². The Morgan fingerprint density at radius 3 is 2.79 bits per heavy atom. The van der Waals surface area contributed by atoms with E-state index in [0.29, 0.717) is 30.5 Å². The maximum Gasteiger partial charge on any atom is 0.260 e. The molecule has 1 fully saturated rings. The third kappa shape index (κ3) is 4.47. The highest BCUT2D eigenvalue weighted by Gasteiger charge is 2.23. The number of aryl methyl sites for hydroxylation is 2. The average Bonchev–Trinajstić information content (AvgIpc) is 3.13. The van der Waals surface area contributed by atoms with Gasteiger partial charge in [-0.25, -0.2) is 9.37 Å². The van der Waals surface area contributed by atoms with E-state index in [2.05, 4.69) is 17.9 Å². The van der Waals surface area contributed by atoms with Crippen molar-refractivity contribution in [3.63, 3.8) is 0 Å². The molecule has 0 unspecified atom stereocenters. The van der Waals surface area contributed by atoms with Gasteiger partial charge in [-0.05, 0) is 49.2 Å². The van der Waals surface area contributed by atoms with Crippen molar-refractivity contribution in [1.82, 2.24) is 9.88 Å². The minimum Gasteiger partial charge on any atom is -0.379 e. The molecule has 1 amide bonds. The molecule has 7 heteroatoms. The average molecular weight is 414 g/mol. The van der Waals surface area contributed by atoms with E-state index in [1.807, 2.05) is 13.0 Å². The molecule has 2 aromatic carbocycles. The van der Waals surface area contributed by atoms with Gasteiger partial charge in [0.1, 0.15) is 5.82 Å². The molecule has 2 heterocycles. The highest BCUT2D eigenvalue weighted by atomic mass is 32.1. The number of carbonyl (C=O) groups is 1. The molecule has 152 valence electrons. The predicted molar refractivity (Wildman–Crippen MR) is 114 cm³/mol. The molecule has 0 N–H and O–H groups in total. The van der Waals surface area contributed by atoms with Crippen LogP contribution in [0.4, 0.5) is 9.52 Å². The number of aromatic nitrogens is 1. The summed E-state index contributed by atoms with van der Waals surface area (Å²) in [5.41, 5.74) is 3.52. The van der Waals surface area contributed by atoms with Crippen molar-refractivity contribution in [2.24, 2.45) is 0 Å². The fourth-order valence-electron chi connectivity index (χ4n) is 3.61. The van der Waals surface area contributed by atoms with E-state index >= 15 is 0 Å². The lowest BCUT2D eigenvalue weighted by atomic mass is 10.1. The molecule has 4 rings (SSSR count). The Hall–Kier alpha value is -2.35. The summed E-state index contributed by atoms with van der Waals surface area (Å²) in [6.45, 7) is 8.42. The zero-order valence-electron chi connectivity index (χ0n) is 16.7. The van der Waals surface area contributed by atoms with Crippen LogP contribution >= 0.6 is 11.3 Å². The van der Waals surface area contributed by atoms with E-state index < -0.39 is 5.82 Å². The summed E-state index contributed by atoms with van der Waals surface area (Å²) in [6, 6.07) is 10.0. The molecular weight excluding hydrogens is 389 g/mol. The quantitative estimate of drug-likeness (QED) is 0.634. The van der Waals surface area contributed by atoms with E-state index in [-0.39, 0.29) is 5.91 Å². The first-order chi connectivity index (χ1) is 14.0. The van der Waals surface area contributed by atoms with Crippen molar-refractivity contribution in [3.8, 4) is 0 Å². The Bertz CT molecular complexity index is 1030. The van der Waals surface area contributed by atoms with Gasteiger partial charge < -0.3 is 4.74 Å². The number of anilines is 1. The largest absolute Gasteiger partial charge is 0.379 e. The molecular formula is C22H24FN3O2S. The monoisotopic (exact) mass is 413 g/mol. The minimum atomic E-state index is -0.417. The first kappa shape index (κ1) is 19.9. The fourth-order valence-corrected chi connectivity index (χ4v) is 4.65. The third-order valence-electron chi connectivity index (χ3n) is 5.10. The number of halogens is 1. The van der Waals surface area contributed by atoms with Crippen LogP contribution in [0.2, 0.25) is 0 Å². The number of benzene rings is 2. The van der Waals surface area contributed by atoms with Crippen LogP contribution in [0.1, 0.15) is 21.5 Å². The first-order valence-corrected chi connectivity index (χ1v) is 10.6. The SMILES string of the molecule is Cc1cc(C)c2sc(N(CCN3CCOCC3)C(=O)c3cccc(F)c3)nc2c1. The molecule has 0 radical (unpaired) electrons. The second-order valence-corrected chi connectivity index (χ2v) is 8.33. The maximum absolute atomic E-state index is 13.7. The van der Waals surface area contributed by atoms with Crippen LogP contribution in [0.5, 0.6) is 0 Å². The normalized spacial score (nSPS) is 15.0. The van der Waals surface area contributed by atoms with Crippen molar-refractivity contribution in [2.45, 2.75) is 13.8 Å². The number of rotatable bonds is 5. The molecule has 1 aliphatic heterocycles. The van der Waals surface area contributed by atoms with Crippen molar-refractivity contribution in [1.29, 1.82) is 0 Å². The zero-order valence-corrected chi connectivity index (χ0v) is 17.5. The van der Waals surface area contributed by atoms with Crippen LogP contribution in [0.25, 0.3) is 10.2 Å². The van der Waals surface area contributed by atoms with Crippen LogP contribution in [-0.2, 0) is 4.74 Å². The standard InChI is InChI=1S/C22H24FN3O2S/c1-15-12-16(2)20-19(13-15)24-22(29-20)26(7-6-25-8-10-28-11-9-25)21(27)17-4-3-5-18(23)14-17/h3-5,12-14H,6-11H2,1-2H3. The van der Waals surface area contributed by atoms with Crippen molar-refractivity contribution < 1.29 is 13.9 Å². The van der Waals surface area contributed by atoms with Gasteiger partial charge in [-0.15, -0.1) is 0 Å². The second-order valence-electron chi connectivity index (χ2n) is 7.35. The topological polar surface area (TPSA) is 45.7 Å². The maximum atomic E-state index is 13.7. The number of fused-ring (bicyclic) bond motifs is 1. The first-order valence-electron chi connectivity index (χ1n) is 9.76. The lowest BCUT2D eigenvalue weighted by Gasteiger charge is -2.29. The van der Waals surface area contributed by atoms with Gasteiger partial charge in [0, 0.05) is 31.7 Å². The molecule has 1 aliphatic rings. The number of ether oxygens (including phenoxy) is 1. The van der Waals surface area contributed by atoms with Gasteiger partial charge in [-0.1, -0.05) is 23.5 Å². The van der Waals surface area contributed by atoms with Crippen molar-refractivity contribution in [3.05, 3.63) is 58.9 Å². The van der Waals surface area contributed by atoms with E-state index in [0.717, 1.165) is 41.0 Å². The Morgan fingerprint density at radius 1 is 1.24 bits per heavy atom. The number of carbonyl (C=O) groups excluding carboxylic acids is 1. The molecule has 1 saturated heterocycles. The van der Waals surface area contributed by atoms with E-state index in [1.54, 1.807) is 17.0 Å². The molecule has 0 atom stereocenters. The van der Waals surface area contributed by atoms with Crippen molar-refractivity contribution >= 4 is 32.6 Å². The van der Waals surface area contributed by atoms with Gasteiger partial charge in [0.25, 0.3) is 5.91 Å². The summed E-state index contributed by atoms with van der Waals surface area (Å²) in [6.07, 6.45) is 0. The zero-order chi connectivity index (χ0) is 20.4. The van der Waals surface area contributed by atoms with Crippen molar-refractivity contribution in [2.75, 3.05) is 44.3 Å². The summed E-state index contributed by atoms with van der Waals surface area (Å²) in [4.78, 5) is 22.0. The van der Waals surface area contributed by atoms with Gasteiger partial charge in [-0.2, -0.15) is 0 Å².